The molecule has 0 atom stereocenters. The van der Waals surface area contributed by atoms with E-state index in [0.29, 0.717) is 6.61 Å². The van der Waals surface area contributed by atoms with Crippen LogP contribution in [0, 0.1) is 3.57 Å². The largest absolute Gasteiger partial charge is 0.372 e. The van der Waals surface area contributed by atoms with Crippen molar-refractivity contribution in [1.29, 1.82) is 0 Å². The standard InChI is InChI=1S/C12H16INO2/c1-14-12(15)9-16-8-2-3-10-4-6-11(13)7-5-10/h4-7H,2-3,8-9H2,1H3,(H,14,15). The molecule has 1 aromatic carbocycles. The van der Waals surface area contributed by atoms with Crippen molar-refractivity contribution in [1.82, 2.24) is 5.32 Å². The van der Waals surface area contributed by atoms with Gasteiger partial charge in [-0.15, -0.1) is 0 Å². The zero-order valence-corrected chi connectivity index (χ0v) is 11.5. The number of rotatable bonds is 6. The first kappa shape index (κ1) is 13.4. The maximum atomic E-state index is 10.8. The van der Waals surface area contributed by atoms with E-state index in [2.05, 4.69) is 52.2 Å². The van der Waals surface area contributed by atoms with Gasteiger partial charge in [-0.2, -0.15) is 0 Å². The van der Waals surface area contributed by atoms with Gasteiger partial charge in [0, 0.05) is 17.2 Å². The van der Waals surface area contributed by atoms with Crippen LogP contribution in [-0.4, -0.2) is 26.2 Å². The third kappa shape index (κ3) is 5.46. The fraction of sp³-hybridized carbons (Fsp3) is 0.417. The summed E-state index contributed by atoms with van der Waals surface area (Å²) in [5, 5.41) is 2.52. The number of halogens is 1. The minimum Gasteiger partial charge on any atom is -0.372 e. The Labute approximate surface area is 110 Å². The van der Waals surface area contributed by atoms with E-state index in [4.69, 9.17) is 4.74 Å². The predicted molar refractivity (Wildman–Crippen MR) is 72.4 cm³/mol. The Morgan fingerprint density at radius 3 is 2.69 bits per heavy atom. The molecule has 16 heavy (non-hydrogen) atoms. The number of carbonyl (C=O) groups is 1. The summed E-state index contributed by atoms with van der Waals surface area (Å²) in [6, 6.07) is 8.45. The van der Waals surface area contributed by atoms with Crippen LogP contribution in [0.15, 0.2) is 24.3 Å². The third-order valence-corrected chi connectivity index (χ3v) is 2.90. The molecule has 4 heteroatoms. The van der Waals surface area contributed by atoms with Gasteiger partial charge in [0.25, 0.3) is 0 Å². The normalized spacial score (nSPS) is 10.1. The van der Waals surface area contributed by atoms with Crippen LogP contribution in [0.1, 0.15) is 12.0 Å². The van der Waals surface area contributed by atoms with Gasteiger partial charge in [0.1, 0.15) is 6.61 Å². The van der Waals surface area contributed by atoms with Crippen molar-refractivity contribution >= 4 is 28.5 Å². The number of nitrogens with one attached hydrogen (secondary N) is 1. The average molecular weight is 333 g/mol. The lowest BCUT2D eigenvalue weighted by molar-refractivity contribution is -0.125. The summed E-state index contributed by atoms with van der Waals surface area (Å²) in [5.41, 5.74) is 1.31. The quantitative estimate of drug-likeness (QED) is 0.639. The number of benzene rings is 1. The molecule has 88 valence electrons. The lowest BCUT2D eigenvalue weighted by Crippen LogP contribution is -2.23. The molecule has 1 amide bonds. The predicted octanol–water partition coefficient (Wildman–Crippen LogP) is 1.99. The third-order valence-electron chi connectivity index (χ3n) is 2.18. The number of amides is 1. The Morgan fingerprint density at radius 2 is 2.06 bits per heavy atom. The van der Waals surface area contributed by atoms with Gasteiger partial charge in [0.15, 0.2) is 0 Å². The molecule has 0 saturated carbocycles. The van der Waals surface area contributed by atoms with Crippen molar-refractivity contribution in [2.24, 2.45) is 0 Å². The molecule has 0 heterocycles. The van der Waals surface area contributed by atoms with Crippen molar-refractivity contribution in [2.75, 3.05) is 20.3 Å². The number of hydrogen-bond donors (Lipinski definition) is 1. The molecule has 0 aliphatic rings. The maximum Gasteiger partial charge on any atom is 0.245 e. The summed E-state index contributed by atoms with van der Waals surface area (Å²) in [6.07, 6.45) is 1.93. The highest BCUT2D eigenvalue weighted by molar-refractivity contribution is 14.1. The number of hydrogen-bond acceptors (Lipinski definition) is 2. The molecule has 0 aromatic heterocycles. The molecule has 3 nitrogen and oxygen atoms in total. The van der Waals surface area contributed by atoms with Crippen LogP contribution in [0.4, 0.5) is 0 Å². The first-order chi connectivity index (χ1) is 7.72. The Balaban J connectivity index is 2.11. The molecule has 0 unspecified atom stereocenters. The molecule has 0 spiro atoms. The number of likely N-dealkylation sites (N-methyl/N-ethyl adjacent to an activating group) is 1. The zero-order valence-electron chi connectivity index (χ0n) is 9.33. The molecule has 0 fully saturated rings. The molecule has 1 N–H and O–H groups in total. The van der Waals surface area contributed by atoms with Gasteiger partial charge < -0.3 is 10.1 Å². The Bertz CT molecular complexity index is 324. The second kappa shape index (κ2) is 7.62. The topological polar surface area (TPSA) is 38.3 Å². The summed E-state index contributed by atoms with van der Waals surface area (Å²) in [5.74, 6) is -0.0748. The highest BCUT2D eigenvalue weighted by Gasteiger charge is 1.97. The number of ether oxygens (including phenoxy) is 1. The van der Waals surface area contributed by atoms with E-state index in [-0.39, 0.29) is 12.5 Å². The summed E-state index contributed by atoms with van der Waals surface area (Å²) in [6.45, 7) is 0.780. The lowest BCUT2D eigenvalue weighted by Gasteiger charge is -2.03. The van der Waals surface area contributed by atoms with E-state index >= 15 is 0 Å². The summed E-state index contributed by atoms with van der Waals surface area (Å²) < 4.78 is 6.47. The van der Waals surface area contributed by atoms with E-state index in [0.717, 1.165) is 12.8 Å². The SMILES string of the molecule is CNC(=O)COCCCc1ccc(I)cc1. The number of aryl methyl sites for hydroxylation is 1. The second-order valence-electron chi connectivity index (χ2n) is 3.46. The zero-order chi connectivity index (χ0) is 11.8. The van der Waals surface area contributed by atoms with Crippen LogP contribution in [0.2, 0.25) is 0 Å². The molecule has 1 aromatic rings. The minimum atomic E-state index is -0.0748. The molecule has 1 rings (SSSR count). The van der Waals surface area contributed by atoms with Crippen LogP contribution in [0.25, 0.3) is 0 Å². The van der Waals surface area contributed by atoms with Crippen LogP contribution in [-0.2, 0) is 16.0 Å². The van der Waals surface area contributed by atoms with Crippen molar-refractivity contribution in [3.05, 3.63) is 33.4 Å². The first-order valence-electron chi connectivity index (χ1n) is 5.25. The molecule has 0 bridgehead atoms. The number of carbonyl (C=O) groups excluding carboxylic acids is 1. The second-order valence-corrected chi connectivity index (χ2v) is 4.70. The average Bonchev–Trinajstić information content (AvgIpc) is 2.31. The summed E-state index contributed by atoms with van der Waals surface area (Å²) >= 11 is 2.29. The molecule has 0 aliphatic carbocycles. The van der Waals surface area contributed by atoms with Gasteiger partial charge in [0.2, 0.25) is 5.91 Å². The van der Waals surface area contributed by atoms with Gasteiger partial charge in [-0.3, -0.25) is 4.79 Å². The Kier molecular flexibility index (Phi) is 6.40. The highest BCUT2D eigenvalue weighted by atomic mass is 127. The molecular formula is C12H16INO2. The van der Waals surface area contributed by atoms with E-state index in [1.165, 1.54) is 9.13 Å². The molecule has 0 radical (unpaired) electrons. The van der Waals surface area contributed by atoms with Crippen molar-refractivity contribution in [3.8, 4) is 0 Å². The fourth-order valence-corrected chi connectivity index (χ4v) is 1.63. The first-order valence-corrected chi connectivity index (χ1v) is 6.33. The lowest BCUT2D eigenvalue weighted by atomic mass is 10.1. The Morgan fingerprint density at radius 1 is 1.38 bits per heavy atom. The minimum absolute atomic E-state index is 0.0748. The summed E-state index contributed by atoms with van der Waals surface area (Å²) in [7, 11) is 1.61. The van der Waals surface area contributed by atoms with E-state index in [1.54, 1.807) is 7.05 Å². The molecular weight excluding hydrogens is 317 g/mol. The van der Waals surface area contributed by atoms with Crippen molar-refractivity contribution in [2.45, 2.75) is 12.8 Å². The Hall–Kier alpha value is -0.620. The van der Waals surface area contributed by atoms with Gasteiger partial charge in [-0.1, -0.05) is 12.1 Å². The monoisotopic (exact) mass is 333 g/mol. The van der Waals surface area contributed by atoms with Gasteiger partial charge >= 0.3 is 0 Å². The van der Waals surface area contributed by atoms with Gasteiger partial charge in [-0.25, -0.2) is 0 Å². The van der Waals surface area contributed by atoms with E-state index in [9.17, 15) is 4.79 Å². The molecule has 0 aliphatic heterocycles. The van der Waals surface area contributed by atoms with Crippen LogP contribution in [0.3, 0.4) is 0 Å². The van der Waals surface area contributed by atoms with Crippen LogP contribution >= 0.6 is 22.6 Å². The van der Waals surface area contributed by atoms with Gasteiger partial charge in [-0.05, 0) is 53.1 Å². The van der Waals surface area contributed by atoms with Gasteiger partial charge in [0.05, 0.1) is 0 Å². The van der Waals surface area contributed by atoms with E-state index < -0.39 is 0 Å². The van der Waals surface area contributed by atoms with Crippen LogP contribution in [0.5, 0.6) is 0 Å². The summed E-state index contributed by atoms with van der Waals surface area (Å²) in [4.78, 5) is 10.8. The van der Waals surface area contributed by atoms with E-state index in [1.807, 2.05) is 0 Å². The molecule has 0 saturated heterocycles. The fourth-order valence-electron chi connectivity index (χ4n) is 1.27. The van der Waals surface area contributed by atoms with Crippen molar-refractivity contribution < 1.29 is 9.53 Å². The smallest absolute Gasteiger partial charge is 0.245 e. The van der Waals surface area contributed by atoms with Crippen molar-refractivity contribution in [3.63, 3.8) is 0 Å². The maximum absolute atomic E-state index is 10.8. The van der Waals surface area contributed by atoms with Crippen LogP contribution < -0.4 is 5.32 Å². The highest BCUT2D eigenvalue weighted by Crippen LogP contribution is 2.08.